The number of hydrogen-bond acceptors (Lipinski definition) is 5. The van der Waals surface area contributed by atoms with Crippen molar-refractivity contribution in [3.05, 3.63) is 29.8 Å². The Kier molecular flexibility index (Phi) is 8.60. The van der Waals surface area contributed by atoms with Gasteiger partial charge in [0.25, 0.3) is 5.91 Å². The van der Waals surface area contributed by atoms with Crippen molar-refractivity contribution in [3.63, 3.8) is 0 Å². The Morgan fingerprint density at radius 3 is 2.63 bits per heavy atom. The molecule has 1 fully saturated rings. The van der Waals surface area contributed by atoms with Crippen molar-refractivity contribution < 1.29 is 24.2 Å². The number of ether oxygens (including phenoxy) is 1. The topological polar surface area (TPSA) is 95.9 Å². The smallest absolute Gasteiger partial charge is 0.303 e. The molecule has 0 spiro atoms. The van der Waals surface area contributed by atoms with Crippen molar-refractivity contribution in [1.82, 2.24) is 10.2 Å². The summed E-state index contributed by atoms with van der Waals surface area (Å²) in [6, 6.07) is 7.28. The Bertz CT molecular complexity index is 659. The molecule has 0 saturated carbocycles. The number of piperidine rings is 1. The number of nitrogens with one attached hydrogen (secondary N) is 1. The highest BCUT2D eigenvalue weighted by Gasteiger charge is 2.26. The van der Waals surface area contributed by atoms with Crippen molar-refractivity contribution in [1.29, 1.82) is 0 Å². The van der Waals surface area contributed by atoms with Gasteiger partial charge in [-0.1, -0.05) is 12.1 Å². The molecule has 0 bridgehead atoms. The standard InChI is InChI=1S/C19H26N2O5S/c1-26-11-8-20-17(22)13-27-16-5-3-2-4-15(16)19(25)21-9-6-14(7-10-21)12-18(23)24/h2-5,14H,6-13H2,1H3,(H,20,22)(H,23,24). The van der Waals surface area contributed by atoms with Gasteiger partial charge in [-0.3, -0.25) is 14.4 Å². The largest absolute Gasteiger partial charge is 0.481 e. The molecule has 7 nitrogen and oxygen atoms in total. The number of hydrogen-bond donors (Lipinski definition) is 2. The second-order valence-corrected chi connectivity index (χ2v) is 7.48. The first kappa shape index (κ1) is 21.2. The monoisotopic (exact) mass is 394 g/mol. The number of amides is 2. The second-order valence-electron chi connectivity index (χ2n) is 6.46. The molecule has 0 unspecified atom stereocenters. The van der Waals surface area contributed by atoms with E-state index < -0.39 is 5.97 Å². The van der Waals surface area contributed by atoms with Crippen LogP contribution in [-0.4, -0.2) is 66.9 Å². The van der Waals surface area contributed by atoms with Crippen LogP contribution in [0, 0.1) is 5.92 Å². The van der Waals surface area contributed by atoms with Gasteiger partial charge in [-0.15, -0.1) is 11.8 Å². The fraction of sp³-hybridized carbons (Fsp3) is 0.526. The third-order valence-corrected chi connectivity index (χ3v) is 5.54. The van der Waals surface area contributed by atoms with E-state index in [0.29, 0.717) is 44.6 Å². The van der Waals surface area contributed by atoms with E-state index in [1.807, 2.05) is 18.2 Å². The predicted molar refractivity (Wildman–Crippen MR) is 103 cm³/mol. The maximum atomic E-state index is 12.9. The van der Waals surface area contributed by atoms with E-state index in [2.05, 4.69) is 5.32 Å². The van der Waals surface area contributed by atoms with Gasteiger partial charge in [0.2, 0.25) is 5.91 Å². The zero-order valence-electron chi connectivity index (χ0n) is 15.5. The van der Waals surface area contributed by atoms with Crippen LogP contribution in [0.1, 0.15) is 29.6 Å². The van der Waals surface area contributed by atoms with Crippen molar-refractivity contribution in [2.45, 2.75) is 24.2 Å². The average Bonchev–Trinajstić information content (AvgIpc) is 2.66. The zero-order valence-corrected chi connectivity index (χ0v) is 16.3. The number of thioether (sulfide) groups is 1. The minimum absolute atomic E-state index is 0.0633. The highest BCUT2D eigenvalue weighted by atomic mass is 32.2. The van der Waals surface area contributed by atoms with E-state index in [-0.39, 0.29) is 29.9 Å². The molecule has 8 heteroatoms. The SMILES string of the molecule is COCCNC(=O)CSc1ccccc1C(=O)N1CCC(CC(=O)O)CC1. The number of carbonyl (C=O) groups excluding carboxylic acids is 2. The number of likely N-dealkylation sites (tertiary alicyclic amines) is 1. The molecule has 27 heavy (non-hydrogen) atoms. The molecule has 0 aliphatic carbocycles. The quantitative estimate of drug-likeness (QED) is 0.490. The van der Waals surface area contributed by atoms with Gasteiger partial charge < -0.3 is 20.1 Å². The number of carboxylic acids is 1. The summed E-state index contributed by atoms with van der Waals surface area (Å²) in [5.41, 5.74) is 0.587. The van der Waals surface area contributed by atoms with Crippen LogP contribution in [0.5, 0.6) is 0 Å². The molecule has 1 heterocycles. The molecule has 0 radical (unpaired) electrons. The van der Waals surface area contributed by atoms with Crippen LogP contribution >= 0.6 is 11.8 Å². The third kappa shape index (κ3) is 6.88. The lowest BCUT2D eigenvalue weighted by Gasteiger charge is -2.31. The minimum Gasteiger partial charge on any atom is -0.481 e. The summed E-state index contributed by atoms with van der Waals surface area (Å²) in [6.07, 6.45) is 1.57. The summed E-state index contributed by atoms with van der Waals surface area (Å²) in [5, 5.41) is 11.7. The van der Waals surface area contributed by atoms with E-state index in [0.717, 1.165) is 4.90 Å². The maximum absolute atomic E-state index is 12.9. The number of carbonyl (C=O) groups is 3. The molecule has 148 valence electrons. The molecule has 1 aliphatic heterocycles. The Hall–Kier alpha value is -2.06. The molecule has 1 aliphatic rings. The van der Waals surface area contributed by atoms with Gasteiger partial charge in [0.15, 0.2) is 0 Å². The fourth-order valence-electron chi connectivity index (χ4n) is 3.01. The fourth-order valence-corrected chi connectivity index (χ4v) is 3.89. The minimum atomic E-state index is -0.787. The number of rotatable bonds is 9. The molecular weight excluding hydrogens is 368 g/mol. The molecule has 1 aromatic rings. The van der Waals surface area contributed by atoms with Gasteiger partial charge in [-0.25, -0.2) is 0 Å². The molecule has 0 atom stereocenters. The van der Waals surface area contributed by atoms with E-state index in [4.69, 9.17) is 9.84 Å². The van der Waals surface area contributed by atoms with Crippen molar-refractivity contribution in [2.24, 2.45) is 5.92 Å². The summed E-state index contributed by atoms with van der Waals surface area (Å²) in [7, 11) is 1.58. The number of aliphatic carboxylic acids is 1. The highest BCUT2D eigenvalue weighted by molar-refractivity contribution is 8.00. The molecule has 1 aromatic carbocycles. The Balaban J connectivity index is 1.91. The van der Waals surface area contributed by atoms with Gasteiger partial charge in [0.1, 0.15) is 0 Å². The number of benzene rings is 1. The Morgan fingerprint density at radius 2 is 1.96 bits per heavy atom. The molecule has 1 saturated heterocycles. The van der Waals surface area contributed by atoms with Gasteiger partial charge >= 0.3 is 5.97 Å². The van der Waals surface area contributed by atoms with Gasteiger partial charge in [0, 0.05) is 38.1 Å². The summed E-state index contributed by atoms with van der Waals surface area (Å²) in [4.78, 5) is 38.1. The highest BCUT2D eigenvalue weighted by Crippen LogP contribution is 2.26. The number of nitrogens with zero attached hydrogens (tertiary/aromatic N) is 1. The lowest BCUT2D eigenvalue weighted by molar-refractivity contribution is -0.138. The van der Waals surface area contributed by atoms with Crippen molar-refractivity contribution in [2.75, 3.05) is 39.1 Å². The number of carboxylic acid groups (broad SMARTS) is 1. The summed E-state index contributed by atoms with van der Waals surface area (Å²) < 4.78 is 4.90. The van der Waals surface area contributed by atoms with E-state index in [1.165, 1.54) is 11.8 Å². The van der Waals surface area contributed by atoms with E-state index in [1.54, 1.807) is 18.1 Å². The van der Waals surface area contributed by atoms with Crippen LogP contribution in [0.2, 0.25) is 0 Å². The van der Waals surface area contributed by atoms with Gasteiger partial charge in [0.05, 0.1) is 17.9 Å². The second kappa shape index (κ2) is 10.9. The first-order valence-electron chi connectivity index (χ1n) is 8.99. The molecule has 0 aromatic heterocycles. The average molecular weight is 394 g/mol. The normalized spacial score (nSPS) is 14.8. The summed E-state index contributed by atoms with van der Waals surface area (Å²) >= 11 is 1.34. The van der Waals surface area contributed by atoms with Crippen LogP contribution in [-0.2, 0) is 14.3 Å². The lowest BCUT2D eigenvalue weighted by atomic mass is 9.93. The third-order valence-electron chi connectivity index (χ3n) is 4.47. The van der Waals surface area contributed by atoms with Crippen LogP contribution in [0.4, 0.5) is 0 Å². The Morgan fingerprint density at radius 1 is 1.26 bits per heavy atom. The van der Waals surface area contributed by atoms with E-state index >= 15 is 0 Å². The number of methoxy groups -OCH3 is 1. The molecule has 2 rings (SSSR count). The molecule has 2 N–H and O–H groups in total. The Labute approximate surface area is 163 Å². The first-order chi connectivity index (χ1) is 13.0. The zero-order chi connectivity index (χ0) is 19.6. The van der Waals surface area contributed by atoms with E-state index in [9.17, 15) is 14.4 Å². The molecular formula is C19H26N2O5S. The van der Waals surface area contributed by atoms with Crippen LogP contribution in [0.25, 0.3) is 0 Å². The predicted octanol–water partition coefficient (Wildman–Crippen LogP) is 1.87. The van der Waals surface area contributed by atoms with Crippen LogP contribution in [0.3, 0.4) is 0 Å². The lowest BCUT2D eigenvalue weighted by Crippen LogP contribution is -2.39. The summed E-state index contributed by atoms with van der Waals surface area (Å²) in [5.74, 6) is -0.591. The van der Waals surface area contributed by atoms with Crippen molar-refractivity contribution in [3.8, 4) is 0 Å². The van der Waals surface area contributed by atoms with Crippen LogP contribution in [0.15, 0.2) is 29.2 Å². The van der Waals surface area contributed by atoms with Crippen molar-refractivity contribution >= 4 is 29.5 Å². The first-order valence-corrected chi connectivity index (χ1v) is 9.98. The van der Waals surface area contributed by atoms with Crippen LogP contribution < -0.4 is 5.32 Å². The maximum Gasteiger partial charge on any atom is 0.303 e. The van der Waals surface area contributed by atoms with Gasteiger partial charge in [-0.2, -0.15) is 0 Å². The molecule has 2 amide bonds. The summed E-state index contributed by atoms with van der Waals surface area (Å²) in [6.45, 7) is 2.05. The van der Waals surface area contributed by atoms with Gasteiger partial charge in [-0.05, 0) is 30.9 Å².